The molecule has 1 unspecified atom stereocenters. The van der Waals surface area contributed by atoms with E-state index in [-0.39, 0.29) is 24.8 Å². The Morgan fingerprint density at radius 2 is 2.20 bits per heavy atom. The van der Waals surface area contributed by atoms with Crippen molar-refractivity contribution in [2.24, 2.45) is 5.92 Å². The van der Waals surface area contributed by atoms with E-state index in [0.29, 0.717) is 17.4 Å². The van der Waals surface area contributed by atoms with Crippen LogP contribution in [0.5, 0.6) is 0 Å². The summed E-state index contributed by atoms with van der Waals surface area (Å²) in [6, 6.07) is 2.17. The molecule has 1 aromatic carbocycles. The number of rotatable bonds is 3. The van der Waals surface area contributed by atoms with Crippen molar-refractivity contribution in [3.05, 3.63) is 22.4 Å². The maximum atomic E-state index is 13.9. The summed E-state index contributed by atoms with van der Waals surface area (Å²) in [5.74, 6) is -0.938. The molecule has 5 nitrogen and oxygen atoms in total. The Hall–Kier alpha value is -0.700. The van der Waals surface area contributed by atoms with Crippen LogP contribution in [0.1, 0.15) is 12.8 Å². The van der Waals surface area contributed by atoms with E-state index in [2.05, 4.69) is 15.9 Å². The fourth-order valence-corrected chi connectivity index (χ4v) is 4.23. The van der Waals surface area contributed by atoms with E-state index in [0.717, 1.165) is 18.6 Å². The van der Waals surface area contributed by atoms with E-state index >= 15 is 0 Å². The maximum absolute atomic E-state index is 13.9. The summed E-state index contributed by atoms with van der Waals surface area (Å²) in [4.78, 5) is -0.420. The summed E-state index contributed by atoms with van der Waals surface area (Å²) < 4.78 is 40.4. The van der Waals surface area contributed by atoms with Crippen molar-refractivity contribution in [3.8, 4) is 0 Å². The number of halogens is 2. The highest BCUT2D eigenvalue weighted by atomic mass is 79.9. The molecule has 20 heavy (non-hydrogen) atoms. The Kier molecular flexibility index (Phi) is 4.68. The van der Waals surface area contributed by atoms with Gasteiger partial charge >= 0.3 is 0 Å². The number of hydrogen-bond donors (Lipinski definition) is 2. The van der Waals surface area contributed by atoms with Gasteiger partial charge in [0.05, 0.1) is 0 Å². The molecule has 1 heterocycles. The third-order valence-corrected chi connectivity index (χ3v) is 5.98. The summed E-state index contributed by atoms with van der Waals surface area (Å²) in [6.45, 7) is 0.458. The second-order valence-corrected chi connectivity index (χ2v) is 7.62. The summed E-state index contributed by atoms with van der Waals surface area (Å²) in [7, 11) is -3.93. The van der Waals surface area contributed by atoms with Crippen molar-refractivity contribution in [3.63, 3.8) is 0 Å². The second-order valence-electron chi connectivity index (χ2n) is 4.86. The molecule has 0 saturated carbocycles. The largest absolute Gasteiger partial charge is 0.398 e. The third-order valence-electron chi connectivity index (χ3n) is 3.41. The summed E-state index contributed by atoms with van der Waals surface area (Å²) >= 11 is 3.06. The molecule has 112 valence electrons. The van der Waals surface area contributed by atoms with Gasteiger partial charge in [0.2, 0.25) is 10.0 Å². The molecule has 1 aromatic rings. The monoisotopic (exact) mass is 366 g/mol. The number of nitrogen functional groups attached to an aromatic ring is 1. The fraction of sp³-hybridized carbons (Fsp3) is 0.500. The first-order valence-corrected chi connectivity index (χ1v) is 8.45. The van der Waals surface area contributed by atoms with Gasteiger partial charge in [0, 0.05) is 29.9 Å². The lowest BCUT2D eigenvalue weighted by atomic mass is 10.0. The van der Waals surface area contributed by atoms with Crippen molar-refractivity contribution in [1.82, 2.24) is 4.31 Å². The molecule has 0 aliphatic carbocycles. The third kappa shape index (κ3) is 2.98. The van der Waals surface area contributed by atoms with Crippen LogP contribution in [0.2, 0.25) is 0 Å². The molecule has 0 radical (unpaired) electrons. The Bertz CT molecular complexity index is 609. The van der Waals surface area contributed by atoms with Crippen molar-refractivity contribution in [2.75, 3.05) is 25.4 Å². The van der Waals surface area contributed by atoms with Gasteiger partial charge in [-0.15, -0.1) is 0 Å². The molecule has 0 bridgehead atoms. The number of benzene rings is 1. The van der Waals surface area contributed by atoms with Gasteiger partial charge in [-0.1, -0.05) is 0 Å². The Morgan fingerprint density at radius 1 is 1.50 bits per heavy atom. The lowest BCUT2D eigenvalue weighted by Gasteiger charge is -2.31. The predicted molar refractivity (Wildman–Crippen MR) is 77.1 cm³/mol. The van der Waals surface area contributed by atoms with Crippen molar-refractivity contribution < 1.29 is 17.9 Å². The zero-order valence-corrected chi connectivity index (χ0v) is 13.1. The van der Waals surface area contributed by atoms with Gasteiger partial charge in [-0.3, -0.25) is 0 Å². The molecule has 1 saturated heterocycles. The van der Waals surface area contributed by atoms with Crippen LogP contribution in [0.15, 0.2) is 21.5 Å². The molecule has 1 atom stereocenters. The van der Waals surface area contributed by atoms with Crippen LogP contribution in [0.3, 0.4) is 0 Å². The average molecular weight is 367 g/mol. The first-order valence-electron chi connectivity index (χ1n) is 6.21. The first-order chi connectivity index (χ1) is 9.36. The number of aliphatic hydroxyl groups is 1. The minimum absolute atomic E-state index is 0.0724. The number of piperidine rings is 1. The fourth-order valence-electron chi connectivity index (χ4n) is 2.28. The molecule has 1 fully saturated rings. The molecule has 0 amide bonds. The average Bonchev–Trinajstić information content (AvgIpc) is 2.42. The Morgan fingerprint density at radius 3 is 2.85 bits per heavy atom. The number of anilines is 1. The quantitative estimate of drug-likeness (QED) is 0.795. The van der Waals surface area contributed by atoms with Crippen LogP contribution in [0.4, 0.5) is 10.1 Å². The lowest BCUT2D eigenvalue weighted by Crippen LogP contribution is -2.41. The predicted octanol–water partition coefficient (Wildman–Crippen LogP) is 1.56. The zero-order valence-electron chi connectivity index (χ0n) is 10.7. The van der Waals surface area contributed by atoms with Gasteiger partial charge in [0.15, 0.2) is 0 Å². The van der Waals surface area contributed by atoms with E-state index in [1.54, 1.807) is 0 Å². The SMILES string of the molecule is Nc1cc(S(=O)(=O)N2CCCC(CO)C2)c(F)cc1Br. The number of nitrogens with zero attached hydrogens (tertiary/aromatic N) is 1. The van der Waals surface area contributed by atoms with Gasteiger partial charge in [-0.05, 0) is 46.8 Å². The molecule has 1 aliphatic rings. The van der Waals surface area contributed by atoms with Crippen LogP contribution in [-0.4, -0.2) is 37.5 Å². The second kappa shape index (κ2) is 5.97. The lowest BCUT2D eigenvalue weighted by molar-refractivity contribution is 0.165. The van der Waals surface area contributed by atoms with Crippen LogP contribution >= 0.6 is 15.9 Å². The Labute approximate surface area is 125 Å². The van der Waals surface area contributed by atoms with Gasteiger partial charge in [-0.2, -0.15) is 4.31 Å². The van der Waals surface area contributed by atoms with Crippen LogP contribution < -0.4 is 5.73 Å². The van der Waals surface area contributed by atoms with Crippen molar-refractivity contribution in [2.45, 2.75) is 17.7 Å². The van der Waals surface area contributed by atoms with Gasteiger partial charge in [0.25, 0.3) is 0 Å². The highest BCUT2D eigenvalue weighted by Gasteiger charge is 2.32. The summed E-state index contributed by atoms with van der Waals surface area (Å²) in [5.41, 5.74) is 5.80. The zero-order chi connectivity index (χ0) is 14.9. The molecule has 1 aliphatic heterocycles. The molecule has 3 N–H and O–H groups in total. The minimum Gasteiger partial charge on any atom is -0.398 e. The number of nitrogens with two attached hydrogens (primary N) is 1. The molecule has 0 spiro atoms. The number of sulfonamides is 1. The standard InChI is InChI=1S/C12H16BrFN2O3S/c13-9-4-10(14)12(5-11(9)15)20(18,19)16-3-1-2-8(6-16)7-17/h4-5,8,17H,1-3,6-7,15H2. The minimum atomic E-state index is -3.93. The van der Waals surface area contributed by atoms with E-state index in [1.165, 1.54) is 4.31 Å². The van der Waals surface area contributed by atoms with Crippen LogP contribution in [-0.2, 0) is 10.0 Å². The molecule has 8 heteroatoms. The Balaban J connectivity index is 2.37. The van der Waals surface area contributed by atoms with E-state index in [9.17, 15) is 12.8 Å². The topological polar surface area (TPSA) is 83.6 Å². The van der Waals surface area contributed by atoms with Gasteiger partial charge in [-0.25, -0.2) is 12.8 Å². The van der Waals surface area contributed by atoms with Crippen LogP contribution in [0, 0.1) is 11.7 Å². The number of hydrogen-bond acceptors (Lipinski definition) is 4. The first kappa shape index (κ1) is 15.7. The normalized spacial score (nSPS) is 21.1. The smallest absolute Gasteiger partial charge is 0.246 e. The highest BCUT2D eigenvalue weighted by Crippen LogP contribution is 2.30. The van der Waals surface area contributed by atoms with Gasteiger partial charge in [0.1, 0.15) is 10.7 Å². The molecule has 2 rings (SSSR count). The summed E-state index contributed by atoms with van der Waals surface area (Å²) in [6.07, 6.45) is 1.42. The molecule has 0 aromatic heterocycles. The van der Waals surface area contributed by atoms with E-state index < -0.39 is 20.7 Å². The number of aliphatic hydroxyl groups excluding tert-OH is 1. The summed E-state index contributed by atoms with van der Waals surface area (Å²) in [5, 5.41) is 9.16. The molecular weight excluding hydrogens is 351 g/mol. The van der Waals surface area contributed by atoms with E-state index in [1.807, 2.05) is 0 Å². The molecular formula is C12H16BrFN2O3S. The van der Waals surface area contributed by atoms with Crippen LogP contribution in [0.25, 0.3) is 0 Å². The maximum Gasteiger partial charge on any atom is 0.246 e. The van der Waals surface area contributed by atoms with Crippen molar-refractivity contribution >= 4 is 31.6 Å². The van der Waals surface area contributed by atoms with E-state index in [4.69, 9.17) is 10.8 Å². The highest BCUT2D eigenvalue weighted by molar-refractivity contribution is 9.10. The van der Waals surface area contributed by atoms with Crippen molar-refractivity contribution in [1.29, 1.82) is 0 Å². The van der Waals surface area contributed by atoms with Gasteiger partial charge < -0.3 is 10.8 Å².